The molecule has 4 aromatic rings. The van der Waals surface area contributed by atoms with Gasteiger partial charge < -0.3 is 9.64 Å². The Kier molecular flexibility index (Phi) is 6.77. The van der Waals surface area contributed by atoms with Crippen LogP contribution in [0.25, 0.3) is 22.3 Å². The van der Waals surface area contributed by atoms with Crippen LogP contribution in [-0.4, -0.2) is 70.3 Å². The summed E-state index contributed by atoms with van der Waals surface area (Å²) in [7, 11) is 1.69. The van der Waals surface area contributed by atoms with Crippen LogP contribution in [0.15, 0.2) is 66.9 Å². The Morgan fingerprint density at radius 1 is 1.00 bits per heavy atom. The third-order valence-corrected chi connectivity index (χ3v) is 6.74. The van der Waals surface area contributed by atoms with Crippen LogP contribution in [-0.2, 0) is 13.0 Å². The Morgan fingerprint density at radius 3 is 2.43 bits per heavy atom. The minimum Gasteiger partial charge on any atom is -0.497 e. The van der Waals surface area contributed by atoms with E-state index in [1.165, 1.54) is 5.56 Å². The molecule has 0 atom stereocenters. The van der Waals surface area contributed by atoms with E-state index in [4.69, 9.17) is 9.72 Å². The molecule has 1 saturated heterocycles. The Balaban J connectivity index is 1.30. The second kappa shape index (κ2) is 10.3. The molecule has 0 N–H and O–H groups in total. The predicted octanol–water partition coefficient (Wildman–Crippen LogP) is 4.13. The first-order valence-electron chi connectivity index (χ1n) is 12.2. The molecule has 0 radical (unpaired) electrons. The fourth-order valence-electron chi connectivity index (χ4n) is 4.64. The molecule has 0 saturated carbocycles. The number of aromatic nitrogens is 3. The highest BCUT2D eigenvalue weighted by atomic mass is 16.5. The third-order valence-electron chi connectivity index (χ3n) is 6.74. The first-order valence-corrected chi connectivity index (χ1v) is 12.2. The fourth-order valence-corrected chi connectivity index (χ4v) is 4.64. The highest BCUT2D eigenvalue weighted by Gasteiger charge is 2.25. The first-order chi connectivity index (χ1) is 17.2. The van der Waals surface area contributed by atoms with Gasteiger partial charge in [0.25, 0.3) is 5.91 Å². The number of methoxy groups -OCH3 is 1. The zero-order chi connectivity index (χ0) is 24.2. The van der Waals surface area contributed by atoms with Crippen molar-refractivity contribution in [2.45, 2.75) is 19.9 Å². The van der Waals surface area contributed by atoms with Crippen molar-refractivity contribution in [1.82, 2.24) is 24.6 Å². The van der Waals surface area contributed by atoms with Gasteiger partial charge in [-0.3, -0.25) is 9.69 Å². The molecule has 0 spiro atoms. The quantitative estimate of drug-likeness (QED) is 0.407. The summed E-state index contributed by atoms with van der Waals surface area (Å²) in [5, 5.41) is 5.30. The van der Waals surface area contributed by atoms with Crippen LogP contribution < -0.4 is 4.74 Å². The summed E-state index contributed by atoms with van der Waals surface area (Å²) >= 11 is 0. The lowest BCUT2D eigenvalue weighted by Crippen LogP contribution is -2.49. The zero-order valence-corrected chi connectivity index (χ0v) is 20.4. The molecule has 2 aromatic carbocycles. The highest BCUT2D eigenvalue weighted by molar-refractivity contribution is 6.06. The maximum absolute atomic E-state index is 13.7. The van der Waals surface area contributed by atoms with Crippen LogP contribution in [0, 0.1) is 0 Å². The van der Waals surface area contributed by atoms with E-state index in [0.717, 1.165) is 54.1 Å². The van der Waals surface area contributed by atoms with Gasteiger partial charge in [-0.1, -0.05) is 42.5 Å². The largest absolute Gasteiger partial charge is 0.497 e. The van der Waals surface area contributed by atoms with Gasteiger partial charge in [-0.2, -0.15) is 5.10 Å². The summed E-state index contributed by atoms with van der Waals surface area (Å²) in [6, 6.07) is 20.2. The third kappa shape index (κ3) is 4.91. The second-order valence-electron chi connectivity index (χ2n) is 8.85. The lowest BCUT2D eigenvalue weighted by Gasteiger charge is -2.35. The van der Waals surface area contributed by atoms with Gasteiger partial charge in [0.2, 0.25) is 0 Å². The van der Waals surface area contributed by atoms with Crippen molar-refractivity contribution in [3.63, 3.8) is 0 Å². The van der Waals surface area contributed by atoms with Gasteiger partial charge >= 0.3 is 0 Å². The predicted molar refractivity (Wildman–Crippen MR) is 138 cm³/mol. The lowest BCUT2D eigenvalue weighted by molar-refractivity contribution is 0.0640. The monoisotopic (exact) mass is 469 g/mol. The topological polar surface area (TPSA) is 63.5 Å². The summed E-state index contributed by atoms with van der Waals surface area (Å²) < 4.78 is 7.10. The summed E-state index contributed by atoms with van der Waals surface area (Å²) in [5.74, 6) is 0.936. The summed E-state index contributed by atoms with van der Waals surface area (Å²) in [6.45, 7) is 6.90. The summed E-state index contributed by atoms with van der Waals surface area (Å²) in [6.07, 6.45) is 2.76. The lowest BCUT2D eigenvalue weighted by atomic mass is 10.1. The summed E-state index contributed by atoms with van der Waals surface area (Å²) in [5.41, 5.74) is 4.53. The molecule has 1 amide bonds. The Bertz CT molecular complexity index is 1290. The summed E-state index contributed by atoms with van der Waals surface area (Å²) in [4.78, 5) is 22.9. The number of rotatable bonds is 7. The average Bonchev–Trinajstić information content (AvgIpc) is 3.35. The van der Waals surface area contributed by atoms with Gasteiger partial charge in [0.1, 0.15) is 5.75 Å². The molecule has 7 nitrogen and oxygen atoms in total. The van der Waals surface area contributed by atoms with Crippen LogP contribution in [0.5, 0.6) is 5.75 Å². The van der Waals surface area contributed by atoms with Crippen molar-refractivity contribution in [2.75, 3.05) is 39.8 Å². The van der Waals surface area contributed by atoms with Crippen molar-refractivity contribution >= 4 is 16.9 Å². The van der Waals surface area contributed by atoms with Gasteiger partial charge in [0, 0.05) is 44.8 Å². The number of aryl methyl sites for hydroxylation is 1. The normalized spacial score (nSPS) is 14.4. The van der Waals surface area contributed by atoms with Crippen LogP contribution >= 0.6 is 0 Å². The first kappa shape index (κ1) is 23.1. The number of amides is 1. The van der Waals surface area contributed by atoms with E-state index >= 15 is 0 Å². The average molecular weight is 470 g/mol. The van der Waals surface area contributed by atoms with E-state index < -0.39 is 0 Å². The van der Waals surface area contributed by atoms with Gasteiger partial charge in [-0.25, -0.2) is 9.67 Å². The number of benzene rings is 2. The number of carbonyl (C=O) groups is 1. The molecular formula is C28H31N5O2. The molecule has 1 aliphatic rings. The number of piperazine rings is 1. The number of nitrogens with zero attached hydrogens (tertiary/aromatic N) is 5. The molecule has 7 heteroatoms. The number of hydrogen-bond acceptors (Lipinski definition) is 5. The molecular weight excluding hydrogens is 438 g/mol. The van der Waals surface area contributed by atoms with E-state index in [1.807, 2.05) is 65.0 Å². The van der Waals surface area contributed by atoms with Crippen LogP contribution in [0.4, 0.5) is 0 Å². The Morgan fingerprint density at radius 2 is 1.74 bits per heavy atom. The molecule has 2 aromatic heterocycles. The molecule has 180 valence electrons. The molecule has 0 aliphatic carbocycles. The number of hydrogen-bond donors (Lipinski definition) is 0. The number of carbonyl (C=O) groups excluding carboxylic acids is 1. The number of fused-ring (bicyclic) bond motifs is 1. The smallest absolute Gasteiger partial charge is 0.254 e. The molecule has 3 heterocycles. The van der Waals surface area contributed by atoms with Gasteiger partial charge in [0.15, 0.2) is 5.65 Å². The van der Waals surface area contributed by atoms with Crippen LogP contribution in [0.1, 0.15) is 22.8 Å². The van der Waals surface area contributed by atoms with E-state index in [2.05, 4.69) is 22.1 Å². The van der Waals surface area contributed by atoms with Gasteiger partial charge in [-0.15, -0.1) is 0 Å². The molecule has 0 bridgehead atoms. The van der Waals surface area contributed by atoms with E-state index in [0.29, 0.717) is 25.2 Å². The van der Waals surface area contributed by atoms with Gasteiger partial charge in [0.05, 0.1) is 30.0 Å². The van der Waals surface area contributed by atoms with E-state index in [9.17, 15) is 4.79 Å². The second-order valence-corrected chi connectivity index (χ2v) is 8.85. The SMILES string of the molecule is CCn1ncc2c(C(=O)N3CCN(CCc4ccc(OC)cc4)CC3)cc(-c3ccccc3)nc21. The Labute approximate surface area is 205 Å². The standard InChI is InChI=1S/C28H31N5O2/c1-3-33-27-25(20-29-33)24(19-26(30-27)22-7-5-4-6-8-22)28(34)32-17-15-31(16-18-32)14-13-21-9-11-23(35-2)12-10-21/h4-12,19-20H,3,13-18H2,1-2H3. The van der Waals surface area contributed by atoms with Gasteiger partial charge in [-0.05, 0) is 37.1 Å². The number of pyridine rings is 1. The molecule has 0 unspecified atom stereocenters. The fraction of sp³-hybridized carbons (Fsp3) is 0.321. The van der Waals surface area contributed by atoms with Crippen LogP contribution in [0.3, 0.4) is 0 Å². The molecule has 35 heavy (non-hydrogen) atoms. The van der Waals surface area contributed by atoms with E-state index in [1.54, 1.807) is 13.3 Å². The molecule has 5 rings (SSSR count). The zero-order valence-electron chi connectivity index (χ0n) is 20.4. The molecule has 1 aliphatic heterocycles. The van der Waals surface area contributed by atoms with Crippen molar-refractivity contribution in [3.05, 3.63) is 78.0 Å². The minimum absolute atomic E-state index is 0.0556. The molecule has 1 fully saturated rings. The van der Waals surface area contributed by atoms with Crippen molar-refractivity contribution in [2.24, 2.45) is 0 Å². The van der Waals surface area contributed by atoms with Crippen molar-refractivity contribution in [3.8, 4) is 17.0 Å². The van der Waals surface area contributed by atoms with E-state index in [-0.39, 0.29) is 5.91 Å². The maximum atomic E-state index is 13.7. The number of ether oxygens (including phenoxy) is 1. The Hall–Kier alpha value is -3.71. The highest BCUT2D eigenvalue weighted by Crippen LogP contribution is 2.26. The van der Waals surface area contributed by atoms with Crippen molar-refractivity contribution < 1.29 is 9.53 Å². The van der Waals surface area contributed by atoms with Crippen LogP contribution in [0.2, 0.25) is 0 Å². The maximum Gasteiger partial charge on any atom is 0.254 e. The minimum atomic E-state index is 0.0556. The van der Waals surface area contributed by atoms with Crippen molar-refractivity contribution in [1.29, 1.82) is 0 Å².